The van der Waals surface area contributed by atoms with Gasteiger partial charge in [-0.2, -0.15) is 0 Å². The first kappa shape index (κ1) is 40.7. The zero-order valence-corrected chi connectivity index (χ0v) is 39.6. The minimum Gasteiger partial charge on any atom is -0.457 e. The monoisotopic (exact) mass is 920 g/mol. The van der Waals surface area contributed by atoms with Crippen LogP contribution in [0.25, 0.3) is 95.0 Å². The lowest BCUT2D eigenvalue weighted by atomic mass is 9.66. The van der Waals surface area contributed by atoms with Crippen molar-refractivity contribution in [1.82, 2.24) is 19.5 Å². The molecule has 0 bridgehead atoms. The molecule has 2 aliphatic carbocycles. The second-order valence-electron chi connectivity index (χ2n) is 19.9. The fourth-order valence-electron chi connectivity index (χ4n) is 12.4. The number of rotatable bonds is 5. The van der Waals surface area contributed by atoms with Crippen LogP contribution in [0.4, 0.5) is 0 Å². The predicted molar refractivity (Wildman–Crippen MR) is 291 cm³/mol. The van der Waals surface area contributed by atoms with Crippen molar-refractivity contribution in [3.05, 3.63) is 264 Å². The highest BCUT2D eigenvalue weighted by atomic mass is 16.5. The van der Waals surface area contributed by atoms with Gasteiger partial charge in [0.2, 0.25) is 0 Å². The Kier molecular flexibility index (Phi) is 8.56. The molecule has 0 saturated carbocycles. The lowest BCUT2D eigenvalue weighted by Gasteiger charge is -2.39. The summed E-state index contributed by atoms with van der Waals surface area (Å²) in [4.78, 5) is 15.4. The van der Waals surface area contributed by atoms with Crippen LogP contribution >= 0.6 is 0 Å². The predicted octanol–water partition coefficient (Wildman–Crippen LogP) is 16.4. The van der Waals surface area contributed by atoms with Gasteiger partial charge < -0.3 is 9.30 Å². The fourth-order valence-corrected chi connectivity index (χ4v) is 12.4. The Morgan fingerprint density at radius 2 is 0.847 bits per heavy atom. The van der Waals surface area contributed by atoms with Crippen molar-refractivity contribution in [3.8, 4) is 84.7 Å². The summed E-state index contributed by atoms with van der Waals surface area (Å²) in [6, 6.07) is 83.0. The van der Waals surface area contributed by atoms with E-state index in [1.807, 2.05) is 36.4 Å². The smallest absolute Gasteiger partial charge is 0.164 e. The second kappa shape index (κ2) is 15.2. The molecule has 1 spiro atoms. The topological polar surface area (TPSA) is 52.8 Å². The first-order valence-electron chi connectivity index (χ1n) is 24.8. The Balaban J connectivity index is 0.953. The van der Waals surface area contributed by atoms with Crippen molar-refractivity contribution in [1.29, 1.82) is 0 Å². The van der Waals surface area contributed by atoms with E-state index in [1.54, 1.807) is 0 Å². The highest BCUT2D eigenvalue weighted by molar-refractivity contribution is 6.12. The van der Waals surface area contributed by atoms with Gasteiger partial charge in [0.05, 0.1) is 16.4 Å². The van der Waals surface area contributed by atoms with Gasteiger partial charge in [-0.25, -0.2) is 15.0 Å². The molecule has 0 amide bonds. The molecule has 12 aromatic rings. The third kappa shape index (κ3) is 5.73. The van der Waals surface area contributed by atoms with Crippen LogP contribution in [-0.4, -0.2) is 19.5 Å². The van der Waals surface area contributed by atoms with Crippen LogP contribution in [0.5, 0.6) is 11.5 Å². The van der Waals surface area contributed by atoms with Gasteiger partial charge in [0, 0.05) is 49.7 Å². The maximum atomic E-state index is 6.77. The molecule has 3 heterocycles. The SMILES string of the molecule is CC1(C)c2ccccc2-c2cc3c(cc21)c1cc(-c2ccc4c(c2)-c2ccc(-c5nc(-c6ccccc6)nc(-c6ccccc6)n5)cc2C42c4ccccc4Oc4ccccc42)ccc1n3-c1ccccc1. The molecule has 3 aliphatic rings. The number of aromatic nitrogens is 4. The zero-order valence-electron chi connectivity index (χ0n) is 39.6. The Hall–Kier alpha value is -9.19. The minimum atomic E-state index is -0.694. The molecule has 5 heteroatoms. The summed E-state index contributed by atoms with van der Waals surface area (Å²) in [5.74, 6) is 3.57. The number of para-hydroxylation sites is 3. The molecule has 0 fully saturated rings. The van der Waals surface area contributed by atoms with Crippen LogP contribution in [0.2, 0.25) is 0 Å². The summed E-state index contributed by atoms with van der Waals surface area (Å²) < 4.78 is 9.21. The van der Waals surface area contributed by atoms with Gasteiger partial charge in [0.1, 0.15) is 11.5 Å². The van der Waals surface area contributed by atoms with E-state index in [0.29, 0.717) is 17.5 Å². The minimum absolute atomic E-state index is 0.124. The fraction of sp³-hybridized carbons (Fsp3) is 0.0597. The number of fused-ring (bicyclic) bond motifs is 15. The van der Waals surface area contributed by atoms with E-state index in [4.69, 9.17) is 19.7 Å². The van der Waals surface area contributed by atoms with E-state index in [-0.39, 0.29) is 5.41 Å². The lowest BCUT2D eigenvalue weighted by Crippen LogP contribution is -2.32. The Labute approximate surface area is 417 Å². The molecule has 72 heavy (non-hydrogen) atoms. The van der Waals surface area contributed by atoms with Gasteiger partial charge in [-0.3, -0.25) is 0 Å². The summed E-state index contributed by atoms with van der Waals surface area (Å²) in [5.41, 5.74) is 20.2. The summed E-state index contributed by atoms with van der Waals surface area (Å²) >= 11 is 0. The normalized spacial score (nSPS) is 14.0. The van der Waals surface area contributed by atoms with Gasteiger partial charge in [0.15, 0.2) is 17.5 Å². The van der Waals surface area contributed by atoms with Gasteiger partial charge in [-0.15, -0.1) is 0 Å². The first-order chi connectivity index (χ1) is 35.4. The summed E-state index contributed by atoms with van der Waals surface area (Å²) in [5, 5.41) is 2.49. The molecule has 0 atom stereocenters. The molecule has 5 nitrogen and oxygen atoms in total. The lowest BCUT2D eigenvalue weighted by molar-refractivity contribution is 0.436. The Morgan fingerprint density at radius 3 is 1.53 bits per heavy atom. The summed E-state index contributed by atoms with van der Waals surface area (Å²) in [7, 11) is 0. The maximum Gasteiger partial charge on any atom is 0.164 e. The molecule has 0 unspecified atom stereocenters. The highest BCUT2D eigenvalue weighted by Gasteiger charge is 2.51. The largest absolute Gasteiger partial charge is 0.457 e. The van der Waals surface area contributed by atoms with Crippen molar-refractivity contribution < 1.29 is 4.74 Å². The van der Waals surface area contributed by atoms with Crippen molar-refractivity contribution in [2.24, 2.45) is 0 Å². The van der Waals surface area contributed by atoms with E-state index in [0.717, 1.165) is 56.1 Å². The number of nitrogens with zero attached hydrogens (tertiary/aromatic N) is 4. The van der Waals surface area contributed by atoms with E-state index in [2.05, 4.69) is 213 Å². The molecule has 0 saturated heterocycles. The highest BCUT2D eigenvalue weighted by Crippen LogP contribution is 2.63. The third-order valence-corrected chi connectivity index (χ3v) is 15.7. The summed E-state index contributed by atoms with van der Waals surface area (Å²) in [6.07, 6.45) is 0. The Bertz CT molecular complexity index is 4110. The van der Waals surface area contributed by atoms with Crippen molar-refractivity contribution in [3.63, 3.8) is 0 Å². The molecule has 2 aromatic heterocycles. The molecule has 15 rings (SSSR count). The molecule has 1 aliphatic heterocycles. The van der Waals surface area contributed by atoms with Crippen LogP contribution in [-0.2, 0) is 10.8 Å². The van der Waals surface area contributed by atoms with Crippen LogP contribution in [0.1, 0.15) is 47.2 Å². The number of benzene rings is 10. The zero-order chi connectivity index (χ0) is 47.7. The third-order valence-electron chi connectivity index (χ3n) is 15.7. The van der Waals surface area contributed by atoms with Crippen molar-refractivity contribution >= 4 is 21.8 Å². The average molecular weight is 921 g/mol. The summed E-state index contributed by atoms with van der Waals surface area (Å²) in [6.45, 7) is 4.74. The van der Waals surface area contributed by atoms with Gasteiger partial charge in [-0.05, 0) is 116 Å². The van der Waals surface area contributed by atoms with Crippen LogP contribution in [0, 0.1) is 0 Å². The molecule has 10 aromatic carbocycles. The maximum absolute atomic E-state index is 6.77. The molecule has 338 valence electrons. The quantitative estimate of drug-likeness (QED) is 0.173. The van der Waals surface area contributed by atoms with Crippen LogP contribution in [0.3, 0.4) is 0 Å². The van der Waals surface area contributed by atoms with Gasteiger partial charge >= 0.3 is 0 Å². The molecular formula is C67H44N4O. The number of hydrogen-bond acceptors (Lipinski definition) is 4. The van der Waals surface area contributed by atoms with E-state index >= 15 is 0 Å². The van der Waals surface area contributed by atoms with E-state index in [1.165, 1.54) is 66.3 Å². The van der Waals surface area contributed by atoms with Gasteiger partial charge in [-0.1, -0.05) is 184 Å². The van der Waals surface area contributed by atoms with Crippen molar-refractivity contribution in [2.75, 3.05) is 0 Å². The first-order valence-corrected chi connectivity index (χ1v) is 24.8. The second-order valence-corrected chi connectivity index (χ2v) is 19.9. The molecular weight excluding hydrogens is 877 g/mol. The molecule has 0 N–H and O–H groups in total. The average Bonchev–Trinajstić information content (AvgIpc) is 4.01. The number of hydrogen-bond donors (Lipinski definition) is 0. The van der Waals surface area contributed by atoms with Crippen molar-refractivity contribution in [2.45, 2.75) is 24.7 Å². The number of ether oxygens (including phenoxy) is 1. The van der Waals surface area contributed by atoms with E-state index < -0.39 is 5.41 Å². The van der Waals surface area contributed by atoms with Crippen LogP contribution in [0.15, 0.2) is 231 Å². The Morgan fingerprint density at radius 1 is 0.333 bits per heavy atom. The van der Waals surface area contributed by atoms with E-state index in [9.17, 15) is 0 Å². The molecule has 0 radical (unpaired) electrons. The van der Waals surface area contributed by atoms with Gasteiger partial charge in [0.25, 0.3) is 0 Å². The van der Waals surface area contributed by atoms with Crippen LogP contribution < -0.4 is 4.74 Å². The standard InChI is InChI=1S/C67H44N4O/c1-66(2)53-25-13-12-24-47(53)50-40-60-52(39-57(50)66)51-37-44(32-35-59(51)71(60)46-22-10-5-11-23-46)43-31-34-54-49(36-43)48-33-30-45(38-58(48)67(54)55-26-14-16-28-61(55)72-62-29-17-15-27-56(62)67)65-69-63(41-18-6-3-7-19-41)68-64(70-65)42-20-8-4-9-21-42/h3-40H,1-2H3.